The zero-order valence-electron chi connectivity index (χ0n) is 16.9. The van der Waals surface area contributed by atoms with Crippen LogP contribution >= 0.6 is 0 Å². The number of fused-ring (bicyclic) bond motifs is 1. The maximum Gasteiger partial charge on any atom is 0.334 e. The van der Waals surface area contributed by atoms with Crippen LogP contribution in [0.15, 0.2) is 46.6 Å². The van der Waals surface area contributed by atoms with Gasteiger partial charge in [-0.3, -0.25) is 0 Å². The molecule has 1 heterocycles. The molecule has 0 radical (unpaired) electrons. The molecule has 0 amide bonds. The second-order valence-electron chi connectivity index (χ2n) is 7.18. The topological polar surface area (TPSA) is 78.9 Å². The Balaban J connectivity index is 2.42. The van der Waals surface area contributed by atoms with Crippen molar-refractivity contribution in [2.24, 2.45) is 5.92 Å². The van der Waals surface area contributed by atoms with Crippen molar-refractivity contribution in [3.8, 4) is 0 Å². The fourth-order valence-electron chi connectivity index (χ4n) is 3.26. The zero-order valence-corrected chi connectivity index (χ0v) is 16.9. The number of allylic oxidation sites excluding steroid dienone is 4. The van der Waals surface area contributed by atoms with Gasteiger partial charge in [0.05, 0.1) is 14.2 Å². The van der Waals surface area contributed by atoms with E-state index in [1.54, 1.807) is 12.2 Å². The van der Waals surface area contributed by atoms with Gasteiger partial charge in [0, 0.05) is 23.1 Å². The first-order valence-corrected chi connectivity index (χ1v) is 9.52. The summed E-state index contributed by atoms with van der Waals surface area (Å²) in [5.41, 5.74) is 2.70. The van der Waals surface area contributed by atoms with E-state index >= 15 is 0 Å². The Bertz CT molecular complexity index is 751. The summed E-state index contributed by atoms with van der Waals surface area (Å²) in [6.07, 6.45) is 9.22. The van der Waals surface area contributed by atoms with Crippen molar-refractivity contribution in [3.05, 3.63) is 46.6 Å². The highest BCUT2D eigenvalue weighted by molar-refractivity contribution is 5.92. The molecule has 0 aromatic heterocycles. The van der Waals surface area contributed by atoms with E-state index in [4.69, 9.17) is 14.2 Å². The van der Waals surface area contributed by atoms with Gasteiger partial charge in [-0.2, -0.15) is 0 Å². The monoisotopic (exact) mass is 388 g/mol. The predicted molar refractivity (Wildman–Crippen MR) is 104 cm³/mol. The highest BCUT2D eigenvalue weighted by Crippen LogP contribution is 2.26. The predicted octanol–water partition coefficient (Wildman–Crippen LogP) is 3.58. The minimum atomic E-state index is -0.490. The van der Waals surface area contributed by atoms with E-state index < -0.39 is 12.1 Å². The molecule has 1 aliphatic carbocycles. The third kappa shape index (κ3) is 5.68. The zero-order chi connectivity index (χ0) is 20.7. The molecule has 2 bridgehead atoms. The molecule has 1 aliphatic heterocycles. The SMILES string of the molecule is COC(=O)/C1=C\CCC2=CC(C/C(C(=O)OC)=C/C=C(/C(C)C)CC1)OC2=O. The van der Waals surface area contributed by atoms with E-state index in [1.807, 2.05) is 12.2 Å². The molecule has 1 unspecified atom stereocenters. The summed E-state index contributed by atoms with van der Waals surface area (Å²) in [5, 5.41) is 0. The number of methoxy groups -OCH3 is 2. The molecule has 0 spiro atoms. The number of rotatable bonds is 3. The van der Waals surface area contributed by atoms with Gasteiger partial charge in [0.25, 0.3) is 0 Å². The molecule has 0 fully saturated rings. The third-order valence-electron chi connectivity index (χ3n) is 4.95. The molecule has 28 heavy (non-hydrogen) atoms. The average Bonchev–Trinajstić information content (AvgIpc) is 3.02. The largest absolute Gasteiger partial charge is 0.466 e. The van der Waals surface area contributed by atoms with Gasteiger partial charge in [0.2, 0.25) is 0 Å². The van der Waals surface area contributed by atoms with Gasteiger partial charge in [-0.25, -0.2) is 14.4 Å². The average molecular weight is 388 g/mol. The van der Waals surface area contributed by atoms with Crippen LogP contribution in [0.1, 0.15) is 46.0 Å². The van der Waals surface area contributed by atoms with Crippen molar-refractivity contribution in [1.82, 2.24) is 0 Å². The van der Waals surface area contributed by atoms with E-state index in [1.165, 1.54) is 14.2 Å². The van der Waals surface area contributed by atoms with Crippen LogP contribution in [0.5, 0.6) is 0 Å². The molecular weight excluding hydrogens is 360 g/mol. The van der Waals surface area contributed by atoms with E-state index in [0.717, 1.165) is 5.57 Å². The van der Waals surface area contributed by atoms with Crippen molar-refractivity contribution in [2.45, 2.75) is 52.1 Å². The number of hydrogen-bond donors (Lipinski definition) is 0. The minimum absolute atomic E-state index is 0.248. The summed E-state index contributed by atoms with van der Waals surface area (Å²) < 4.78 is 15.2. The first kappa shape index (κ1) is 21.7. The van der Waals surface area contributed by atoms with Crippen LogP contribution in [0, 0.1) is 5.92 Å². The fourth-order valence-corrected chi connectivity index (χ4v) is 3.26. The highest BCUT2D eigenvalue weighted by Gasteiger charge is 2.27. The lowest BCUT2D eigenvalue weighted by molar-refractivity contribution is -0.141. The summed E-state index contributed by atoms with van der Waals surface area (Å²) in [7, 11) is 2.69. The van der Waals surface area contributed by atoms with Crippen molar-refractivity contribution >= 4 is 17.9 Å². The second kappa shape index (κ2) is 10.1. The van der Waals surface area contributed by atoms with Crippen LogP contribution < -0.4 is 0 Å². The number of carbonyl (C=O) groups is 3. The van der Waals surface area contributed by atoms with Gasteiger partial charge >= 0.3 is 17.9 Å². The molecule has 0 saturated heterocycles. The normalized spacial score (nSPS) is 26.5. The molecule has 152 valence electrons. The van der Waals surface area contributed by atoms with Gasteiger partial charge in [0.1, 0.15) is 6.10 Å². The number of hydrogen-bond acceptors (Lipinski definition) is 6. The standard InChI is InChI=1S/C22H28O6/c1-14(2)15-8-10-16(20(23)26-3)6-5-7-17-12-19(28-22(17)25)13-18(11-9-15)21(24)27-4/h6,9,11-12,14,19H,5,7-8,10,13H2,1-4H3/b15-9+,16-6-,18-11-. The van der Waals surface area contributed by atoms with E-state index in [9.17, 15) is 14.4 Å². The van der Waals surface area contributed by atoms with Crippen molar-refractivity contribution in [3.63, 3.8) is 0 Å². The van der Waals surface area contributed by atoms with Gasteiger partial charge in [-0.05, 0) is 37.7 Å². The first-order valence-electron chi connectivity index (χ1n) is 9.52. The first-order chi connectivity index (χ1) is 13.3. The Labute approximate surface area is 165 Å². The van der Waals surface area contributed by atoms with E-state index in [2.05, 4.69) is 13.8 Å². The third-order valence-corrected chi connectivity index (χ3v) is 4.95. The van der Waals surface area contributed by atoms with Crippen LogP contribution in [0.25, 0.3) is 0 Å². The smallest absolute Gasteiger partial charge is 0.334 e. The van der Waals surface area contributed by atoms with Gasteiger partial charge < -0.3 is 14.2 Å². The Kier molecular flexibility index (Phi) is 7.79. The van der Waals surface area contributed by atoms with Crippen LogP contribution in [-0.4, -0.2) is 38.2 Å². The summed E-state index contributed by atoms with van der Waals surface area (Å²) in [6.45, 7) is 4.13. The summed E-state index contributed by atoms with van der Waals surface area (Å²) >= 11 is 0. The lowest BCUT2D eigenvalue weighted by Gasteiger charge is -2.13. The molecule has 2 rings (SSSR count). The summed E-state index contributed by atoms with van der Waals surface area (Å²) in [4.78, 5) is 36.4. The molecule has 0 N–H and O–H groups in total. The van der Waals surface area contributed by atoms with Crippen LogP contribution in [0.4, 0.5) is 0 Å². The molecular formula is C22H28O6. The lowest BCUT2D eigenvalue weighted by Crippen LogP contribution is -2.14. The van der Waals surface area contributed by atoms with Gasteiger partial charge in [-0.1, -0.05) is 37.6 Å². The van der Waals surface area contributed by atoms with Crippen LogP contribution in [0.2, 0.25) is 0 Å². The Morgan fingerprint density at radius 1 is 1.04 bits per heavy atom. The number of ether oxygens (including phenoxy) is 3. The Morgan fingerprint density at radius 2 is 1.71 bits per heavy atom. The molecule has 0 saturated carbocycles. The molecule has 6 heteroatoms. The molecule has 0 aromatic carbocycles. The molecule has 2 aliphatic rings. The van der Waals surface area contributed by atoms with Crippen LogP contribution in [-0.2, 0) is 28.6 Å². The van der Waals surface area contributed by atoms with E-state index in [-0.39, 0.29) is 24.3 Å². The molecule has 1 atom stereocenters. The van der Waals surface area contributed by atoms with Gasteiger partial charge in [0.15, 0.2) is 0 Å². The van der Waals surface area contributed by atoms with Crippen molar-refractivity contribution in [2.75, 3.05) is 14.2 Å². The summed E-state index contributed by atoms with van der Waals surface area (Å²) in [5.74, 6) is -0.936. The summed E-state index contributed by atoms with van der Waals surface area (Å²) in [6, 6.07) is 0. The number of carbonyl (C=O) groups excluding carboxylic acids is 3. The second-order valence-corrected chi connectivity index (χ2v) is 7.18. The van der Waals surface area contributed by atoms with Crippen molar-refractivity contribution in [1.29, 1.82) is 0 Å². The van der Waals surface area contributed by atoms with Crippen LogP contribution in [0.3, 0.4) is 0 Å². The van der Waals surface area contributed by atoms with Gasteiger partial charge in [-0.15, -0.1) is 0 Å². The molecule has 6 nitrogen and oxygen atoms in total. The maximum absolute atomic E-state index is 12.2. The quantitative estimate of drug-likeness (QED) is 0.543. The van der Waals surface area contributed by atoms with Crippen molar-refractivity contribution < 1.29 is 28.6 Å². The Hall–Kier alpha value is -2.63. The molecule has 0 aromatic rings. The maximum atomic E-state index is 12.2. The fraction of sp³-hybridized carbons (Fsp3) is 0.500. The Morgan fingerprint density at radius 3 is 2.36 bits per heavy atom. The number of esters is 3. The van der Waals surface area contributed by atoms with E-state index in [0.29, 0.717) is 42.4 Å². The highest BCUT2D eigenvalue weighted by atomic mass is 16.5. The lowest BCUT2D eigenvalue weighted by atomic mass is 9.93. The minimum Gasteiger partial charge on any atom is -0.466 e.